The van der Waals surface area contributed by atoms with E-state index in [4.69, 9.17) is 9.47 Å². The summed E-state index contributed by atoms with van der Waals surface area (Å²) in [7, 11) is -4.45. The molecule has 226 valence electrons. The quantitative estimate of drug-likeness (QED) is 0.403. The van der Waals surface area contributed by atoms with Gasteiger partial charge in [-0.1, -0.05) is 45.1 Å². The van der Waals surface area contributed by atoms with Gasteiger partial charge in [0.1, 0.15) is 0 Å². The van der Waals surface area contributed by atoms with Crippen molar-refractivity contribution in [3.8, 4) is 10.4 Å². The largest absolute Gasteiger partial charge is 0.417 e. The molecule has 1 aromatic carbocycles. The van der Waals surface area contributed by atoms with E-state index in [9.17, 15) is 26.4 Å². The molecule has 2 aromatic rings. The summed E-state index contributed by atoms with van der Waals surface area (Å²) in [6, 6.07) is 3.22. The number of benzene rings is 1. The smallest absolute Gasteiger partial charge is 0.381 e. The molecule has 1 aromatic heterocycles. The van der Waals surface area contributed by atoms with Crippen LogP contribution in [0.15, 0.2) is 23.1 Å². The number of thiazole rings is 1. The van der Waals surface area contributed by atoms with E-state index in [0.29, 0.717) is 62.2 Å². The second kappa shape index (κ2) is 12.3. The Bertz CT molecular complexity index is 1350. The number of nitrogens with zero attached hydrogens (tertiary/aromatic N) is 1. The molecule has 0 unspecified atom stereocenters. The highest BCUT2D eigenvalue weighted by Crippen LogP contribution is 2.41. The zero-order valence-corrected chi connectivity index (χ0v) is 24.7. The van der Waals surface area contributed by atoms with E-state index in [-0.39, 0.29) is 29.1 Å². The number of amides is 1. The Kier molecular flexibility index (Phi) is 9.10. The van der Waals surface area contributed by atoms with E-state index in [2.05, 4.69) is 15.0 Å². The second-order valence-electron chi connectivity index (χ2n) is 11.7. The van der Waals surface area contributed by atoms with Crippen LogP contribution in [0.25, 0.3) is 10.4 Å². The van der Waals surface area contributed by atoms with Crippen LogP contribution in [0.5, 0.6) is 0 Å². The van der Waals surface area contributed by atoms with Crippen LogP contribution < -0.4 is 10.0 Å². The Morgan fingerprint density at radius 3 is 2.44 bits per heavy atom. The molecular formula is C28H36F3N3O5S2. The van der Waals surface area contributed by atoms with Gasteiger partial charge in [0.05, 0.1) is 34.2 Å². The summed E-state index contributed by atoms with van der Waals surface area (Å²) in [6.07, 6.45) is 2.34. The number of halogens is 3. The Balaban J connectivity index is 1.47. The van der Waals surface area contributed by atoms with Gasteiger partial charge >= 0.3 is 6.18 Å². The molecule has 0 spiro atoms. The van der Waals surface area contributed by atoms with Crippen molar-refractivity contribution in [1.82, 2.24) is 15.0 Å². The van der Waals surface area contributed by atoms with Gasteiger partial charge in [0.25, 0.3) is 5.91 Å². The number of carbonyl (C=O) groups is 1. The molecule has 13 heteroatoms. The fourth-order valence-electron chi connectivity index (χ4n) is 5.59. The first kappa shape index (κ1) is 30.4. The van der Waals surface area contributed by atoms with E-state index in [1.807, 2.05) is 0 Å². The highest BCUT2D eigenvalue weighted by molar-refractivity contribution is 7.89. The van der Waals surface area contributed by atoms with Gasteiger partial charge in [0.15, 0.2) is 5.01 Å². The lowest BCUT2D eigenvalue weighted by atomic mass is 9.85. The molecule has 5 rings (SSSR count). The summed E-state index contributed by atoms with van der Waals surface area (Å²) >= 11 is 1.05. The van der Waals surface area contributed by atoms with Crippen molar-refractivity contribution in [1.29, 1.82) is 0 Å². The number of hydrogen-bond acceptors (Lipinski definition) is 7. The highest BCUT2D eigenvalue weighted by Gasteiger charge is 2.40. The van der Waals surface area contributed by atoms with Gasteiger partial charge in [-0.05, 0) is 42.9 Å². The number of nitrogens with one attached hydrogen (secondary N) is 2. The minimum atomic E-state index is -4.92. The van der Waals surface area contributed by atoms with E-state index in [0.717, 1.165) is 55.6 Å². The van der Waals surface area contributed by atoms with Crippen molar-refractivity contribution in [3.63, 3.8) is 0 Å². The number of ether oxygens (including phenoxy) is 2. The van der Waals surface area contributed by atoms with Crippen LogP contribution in [0.3, 0.4) is 0 Å². The van der Waals surface area contributed by atoms with Crippen LogP contribution in [0, 0.1) is 11.3 Å². The zero-order valence-electron chi connectivity index (χ0n) is 23.0. The van der Waals surface area contributed by atoms with Gasteiger partial charge in [-0.25, -0.2) is 18.1 Å². The summed E-state index contributed by atoms with van der Waals surface area (Å²) in [5, 5.41) is 3.18. The maximum atomic E-state index is 14.3. The van der Waals surface area contributed by atoms with Crippen molar-refractivity contribution in [3.05, 3.63) is 34.5 Å². The second-order valence-corrected chi connectivity index (χ2v) is 14.4. The molecule has 2 aliphatic heterocycles. The first-order chi connectivity index (χ1) is 19.4. The van der Waals surface area contributed by atoms with Crippen molar-refractivity contribution < 1.29 is 35.9 Å². The lowest BCUT2D eigenvalue weighted by molar-refractivity contribution is -0.139. The van der Waals surface area contributed by atoms with Gasteiger partial charge in [0, 0.05) is 31.2 Å². The van der Waals surface area contributed by atoms with Gasteiger partial charge in [0.2, 0.25) is 10.0 Å². The normalized spacial score (nSPS) is 20.5. The summed E-state index contributed by atoms with van der Waals surface area (Å²) in [4.78, 5) is 17.4. The summed E-state index contributed by atoms with van der Waals surface area (Å²) in [5.41, 5.74) is -0.922. The maximum absolute atomic E-state index is 14.3. The minimum Gasteiger partial charge on any atom is -0.381 e. The van der Waals surface area contributed by atoms with Crippen LogP contribution in [0.4, 0.5) is 13.2 Å². The Morgan fingerprint density at radius 1 is 1.10 bits per heavy atom. The van der Waals surface area contributed by atoms with Gasteiger partial charge in [-0.3, -0.25) is 4.79 Å². The summed E-state index contributed by atoms with van der Waals surface area (Å²) in [5.74, 6) is -0.0234. The minimum absolute atomic E-state index is 0.0274. The highest BCUT2D eigenvalue weighted by atomic mass is 32.2. The number of carbonyl (C=O) groups excluding carboxylic acids is 1. The molecule has 41 heavy (non-hydrogen) atoms. The van der Waals surface area contributed by atoms with Gasteiger partial charge in [-0.15, -0.1) is 11.3 Å². The molecule has 1 aliphatic carbocycles. The van der Waals surface area contributed by atoms with E-state index < -0.39 is 32.1 Å². The average molecular weight is 616 g/mol. The molecule has 0 radical (unpaired) electrons. The van der Waals surface area contributed by atoms with Crippen LogP contribution in [-0.4, -0.2) is 58.3 Å². The average Bonchev–Trinajstić information content (AvgIpc) is 3.35. The van der Waals surface area contributed by atoms with Crippen LogP contribution >= 0.6 is 11.3 Å². The first-order valence-electron chi connectivity index (χ1n) is 14.1. The van der Waals surface area contributed by atoms with Crippen molar-refractivity contribution in [2.45, 2.75) is 75.4 Å². The molecule has 2 N–H and O–H groups in total. The van der Waals surface area contributed by atoms with Crippen molar-refractivity contribution in [2.24, 2.45) is 11.3 Å². The SMILES string of the molecule is CC1(CNS(=O)(=O)c2ccc(-c3sc(C(=O)NC4CCOCC4)nc3CC3CCCCC3)cc2C(F)(F)F)COC1. The standard InChI is InChI=1S/C28H36F3N3O5S2/c1-27(16-39-17-27)15-32-41(36,37)23-8-7-19(14-21(23)28(29,30)31)24-22(13-18-5-3-2-4-6-18)34-26(40-24)25(35)33-20-9-11-38-12-10-20/h7-8,14,18,20,32H,2-6,9-13,15-17H2,1H3,(H,33,35). The van der Waals surface area contributed by atoms with E-state index in [1.54, 1.807) is 6.92 Å². The predicted molar refractivity (Wildman–Crippen MR) is 148 cm³/mol. The number of hydrogen-bond donors (Lipinski definition) is 2. The molecule has 0 bridgehead atoms. The molecule has 1 saturated carbocycles. The fraction of sp³-hybridized carbons (Fsp3) is 0.643. The fourth-order valence-corrected chi connectivity index (χ4v) is 7.99. The molecule has 0 atom stereocenters. The Labute approximate surface area is 242 Å². The van der Waals surface area contributed by atoms with Crippen molar-refractivity contribution >= 4 is 27.3 Å². The van der Waals surface area contributed by atoms with Crippen LogP contribution in [-0.2, 0) is 32.1 Å². The Morgan fingerprint density at radius 2 is 1.80 bits per heavy atom. The predicted octanol–water partition coefficient (Wildman–Crippen LogP) is 5.18. The molecule has 3 heterocycles. The molecule has 2 saturated heterocycles. The summed E-state index contributed by atoms with van der Waals surface area (Å²) in [6.45, 7) is 3.55. The number of aromatic nitrogens is 1. The first-order valence-corrected chi connectivity index (χ1v) is 16.4. The third kappa shape index (κ3) is 7.30. The molecule has 1 amide bonds. The third-order valence-electron chi connectivity index (χ3n) is 8.08. The number of sulfonamides is 1. The zero-order chi connectivity index (χ0) is 29.3. The van der Waals surface area contributed by atoms with Gasteiger partial charge < -0.3 is 14.8 Å². The van der Waals surface area contributed by atoms with E-state index in [1.165, 1.54) is 6.07 Å². The van der Waals surface area contributed by atoms with E-state index >= 15 is 0 Å². The van der Waals surface area contributed by atoms with Crippen LogP contribution in [0.1, 0.15) is 72.9 Å². The van der Waals surface area contributed by atoms with Gasteiger partial charge in [-0.2, -0.15) is 13.2 Å². The molecule has 3 fully saturated rings. The molecular weight excluding hydrogens is 579 g/mol. The lowest BCUT2D eigenvalue weighted by Gasteiger charge is -2.38. The number of alkyl halides is 3. The van der Waals surface area contributed by atoms with Crippen molar-refractivity contribution in [2.75, 3.05) is 33.0 Å². The molecule has 8 nitrogen and oxygen atoms in total. The molecule has 3 aliphatic rings. The maximum Gasteiger partial charge on any atom is 0.417 e. The topological polar surface area (TPSA) is 107 Å². The number of rotatable bonds is 9. The van der Waals surface area contributed by atoms with Crippen LogP contribution in [0.2, 0.25) is 0 Å². The summed E-state index contributed by atoms with van der Waals surface area (Å²) < 4.78 is 81.7. The lowest BCUT2D eigenvalue weighted by Crippen LogP contribution is -2.48. The third-order valence-corrected chi connectivity index (χ3v) is 10.7. The monoisotopic (exact) mass is 615 g/mol. The Hall–Kier alpha value is -2.06.